The number of amidine groups is 1. The van der Waals surface area contributed by atoms with Crippen molar-refractivity contribution in [3.63, 3.8) is 0 Å². The number of nitro benzene ring substituents is 1. The number of nitrogens with one attached hydrogen (secondary N) is 3. The van der Waals surface area contributed by atoms with Gasteiger partial charge in [0.05, 0.1) is 4.92 Å². The largest absolute Gasteiger partial charge is 0.342 e. The number of nitrogens with zero attached hydrogens (tertiary/aromatic N) is 2. The molecule has 1 aromatic rings. The summed E-state index contributed by atoms with van der Waals surface area (Å²) in [5.41, 5.74) is 7.32. The predicted molar refractivity (Wildman–Crippen MR) is 65.8 cm³/mol. The molecule has 0 aliphatic carbocycles. The van der Waals surface area contributed by atoms with Gasteiger partial charge in [0.2, 0.25) is 5.11 Å². The van der Waals surface area contributed by atoms with Crippen LogP contribution in [0.25, 0.3) is 0 Å². The highest BCUT2D eigenvalue weighted by atomic mass is 32.1. The summed E-state index contributed by atoms with van der Waals surface area (Å²) < 4.78 is 0. The summed E-state index contributed by atoms with van der Waals surface area (Å²) in [6.45, 7) is 0. The zero-order valence-electron chi connectivity index (χ0n) is 8.43. The standard InChI is InChI=1S/C9H7N5O2S/c15-14(16)4-1-2-6-5(3-4)7-8(10-6)11-9(17)13-12-7/h1-3,7,12H,(H2,10,11,13,17). The van der Waals surface area contributed by atoms with Crippen LogP contribution in [-0.2, 0) is 0 Å². The van der Waals surface area contributed by atoms with Gasteiger partial charge >= 0.3 is 0 Å². The minimum atomic E-state index is -0.420. The Balaban J connectivity index is 2.07. The molecule has 0 spiro atoms. The van der Waals surface area contributed by atoms with Gasteiger partial charge in [-0.15, -0.1) is 0 Å². The molecule has 0 saturated heterocycles. The third-order valence-corrected chi connectivity index (χ3v) is 2.83. The third kappa shape index (κ3) is 1.54. The number of hydrogen-bond donors (Lipinski definition) is 3. The average molecular weight is 249 g/mol. The van der Waals surface area contributed by atoms with Crippen LogP contribution in [0.15, 0.2) is 23.2 Å². The van der Waals surface area contributed by atoms with Crippen molar-refractivity contribution < 1.29 is 4.92 Å². The first-order valence-corrected chi connectivity index (χ1v) is 5.25. The number of thiocarbonyl (C=S) groups is 1. The summed E-state index contributed by atoms with van der Waals surface area (Å²) in [5.74, 6) is 0.657. The van der Waals surface area contributed by atoms with Crippen molar-refractivity contribution in [2.24, 2.45) is 4.99 Å². The number of nitro groups is 1. The van der Waals surface area contributed by atoms with Crippen LogP contribution < -0.4 is 16.2 Å². The van der Waals surface area contributed by atoms with E-state index in [1.54, 1.807) is 6.07 Å². The van der Waals surface area contributed by atoms with Gasteiger partial charge in [0.15, 0.2) is 0 Å². The maximum absolute atomic E-state index is 10.7. The first-order valence-electron chi connectivity index (χ1n) is 4.84. The van der Waals surface area contributed by atoms with E-state index in [0.717, 1.165) is 11.3 Å². The molecule has 0 fully saturated rings. The van der Waals surface area contributed by atoms with Gasteiger partial charge in [-0.3, -0.25) is 15.5 Å². The molecule has 2 aliphatic heterocycles. The molecular weight excluding hydrogens is 242 g/mol. The van der Waals surface area contributed by atoms with Crippen LogP contribution in [-0.4, -0.2) is 15.9 Å². The molecule has 7 nitrogen and oxygen atoms in total. The summed E-state index contributed by atoms with van der Waals surface area (Å²) >= 11 is 4.90. The van der Waals surface area contributed by atoms with E-state index in [0.29, 0.717) is 10.9 Å². The van der Waals surface area contributed by atoms with Gasteiger partial charge in [-0.1, -0.05) is 0 Å². The van der Waals surface area contributed by atoms with Crippen molar-refractivity contribution in [1.29, 1.82) is 0 Å². The van der Waals surface area contributed by atoms with Crippen molar-refractivity contribution in [1.82, 2.24) is 10.9 Å². The molecule has 1 aromatic carbocycles. The number of anilines is 1. The number of benzene rings is 1. The monoisotopic (exact) mass is 249 g/mol. The lowest BCUT2D eigenvalue weighted by molar-refractivity contribution is -0.384. The van der Waals surface area contributed by atoms with E-state index in [4.69, 9.17) is 12.2 Å². The van der Waals surface area contributed by atoms with Crippen molar-refractivity contribution >= 4 is 34.5 Å². The van der Waals surface area contributed by atoms with Gasteiger partial charge in [-0.25, -0.2) is 10.4 Å². The first-order chi connectivity index (χ1) is 8.15. The van der Waals surface area contributed by atoms with Crippen LogP contribution in [0, 0.1) is 10.1 Å². The maximum Gasteiger partial charge on any atom is 0.269 e. The van der Waals surface area contributed by atoms with E-state index in [9.17, 15) is 10.1 Å². The second kappa shape index (κ2) is 3.47. The SMILES string of the molecule is O=[N+]([O-])c1ccc2c(c1)C1NNC(=S)N=C1N2. The van der Waals surface area contributed by atoms with Crippen LogP contribution in [0.1, 0.15) is 11.6 Å². The molecule has 2 aliphatic rings. The van der Waals surface area contributed by atoms with E-state index < -0.39 is 4.92 Å². The second-order valence-corrected chi connectivity index (χ2v) is 4.04. The summed E-state index contributed by atoms with van der Waals surface area (Å²) in [6.07, 6.45) is 0. The normalized spacial score (nSPS) is 20.8. The molecule has 0 saturated carbocycles. The number of hydrogen-bond acceptors (Lipinski definition) is 5. The molecule has 17 heavy (non-hydrogen) atoms. The summed E-state index contributed by atoms with van der Waals surface area (Å²) in [4.78, 5) is 14.4. The molecule has 8 heteroatoms. The van der Waals surface area contributed by atoms with Crippen molar-refractivity contribution in [3.05, 3.63) is 33.9 Å². The van der Waals surface area contributed by atoms with E-state index in [1.165, 1.54) is 12.1 Å². The summed E-state index contributed by atoms with van der Waals surface area (Å²) in [5, 5.41) is 14.1. The topological polar surface area (TPSA) is 91.6 Å². The van der Waals surface area contributed by atoms with E-state index in [-0.39, 0.29) is 11.7 Å². The van der Waals surface area contributed by atoms with Gasteiger partial charge < -0.3 is 5.32 Å². The molecule has 0 aromatic heterocycles. The zero-order valence-corrected chi connectivity index (χ0v) is 9.25. The molecule has 0 bridgehead atoms. The van der Waals surface area contributed by atoms with Gasteiger partial charge in [0.1, 0.15) is 11.9 Å². The van der Waals surface area contributed by atoms with Crippen LogP contribution >= 0.6 is 12.2 Å². The Labute approximate surface area is 101 Å². The smallest absolute Gasteiger partial charge is 0.269 e. The number of rotatable bonds is 1. The second-order valence-electron chi connectivity index (χ2n) is 3.66. The highest BCUT2D eigenvalue weighted by molar-refractivity contribution is 7.80. The van der Waals surface area contributed by atoms with Crippen LogP contribution in [0.4, 0.5) is 11.4 Å². The van der Waals surface area contributed by atoms with Crippen molar-refractivity contribution in [3.8, 4) is 0 Å². The van der Waals surface area contributed by atoms with Gasteiger partial charge in [0.25, 0.3) is 5.69 Å². The Hall–Kier alpha value is -2.06. The van der Waals surface area contributed by atoms with E-state index in [2.05, 4.69) is 21.2 Å². The molecule has 0 amide bonds. The third-order valence-electron chi connectivity index (χ3n) is 2.64. The molecular formula is C9H7N5O2S. The minimum absolute atomic E-state index is 0.0572. The maximum atomic E-state index is 10.7. The van der Waals surface area contributed by atoms with Crippen LogP contribution in [0.5, 0.6) is 0 Å². The number of hydrazine groups is 1. The van der Waals surface area contributed by atoms with Gasteiger partial charge in [0, 0.05) is 23.4 Å². The fraction of sp³-hybridized carbons (Fsp3) is 0.111. The van der Waals surface area contributed by atoms with Gasteiger partial charge in [-0.05, 0) is 18.3 Å². The van der Waals surface area contributed by atoms with E-state index >= 15 is 0 Å². The summed E-state index contributed by atoms with van der Waals surface area (Å²) in [6, 6.07) is 4.42. The summed E-state index contributed by atoms with van der Waals surface area (Å²) in [7, 11) is 0. The Morgan fingerprint density at radius 3 is 3.06 bits per heavy atom. The Morgan fingerprint density at radius 2 is 2.29 bits per heavy atom. The lowest BCUT2D eigenvalue weighted by Crippen LogP contribution is -2.46. The molecule has 1 atom stereocenters. The van der Waals surface area contributed by atoms with Gasteiger partial charge in [-0.2, -0.15) is 0 Å². The highest BCUT2D eigenvalue weighted by Crippen LogP contribution is 2.34. The molecule has 0 radical (unpaired) electrons. The Morgan fingerprint density at radius 1 is 1.47 bits per heavy atom. The number of aliphatic imine (C=N–C) groups is 1. The minimum Gasteiger partial charge on any atom is -0.342 e. The fourth-order valence-electron chi connectivity index (χ4n) is 1.88. The molecule has 3 rings (SSSR count). The number of non-ortho nitro benzene ring substituents is 1. The quantitative estimate of drug-likeness (QED) is 0.388. The average Bonchev–Trinajstić information content (AvgIpc) is 2.64. The zero-order chi connectivity index (χ0) is 12.0. The fourth-order valence-corrected chi connectivity index (χ4v) is 2.04. The number of fused-ring (bicyclic) bond motifs is 3. The first kappa shape index (κ1) is 10.1. The molecule has 3 N–H and O–H groups in total. The lowest BCUT2D eigenvalue weighted by Gasteiger charge is -2.19. The van der Waals surface area contributed by atoms with Crippen LogP contribution in [0.2, 0.25) is 0 Å². The predicted octanol–water partition coefficient (Wildman–Crippen LogP) is 0.853. The van der Waals surface area contributed by atoms with Crippen molar-refractivity contribution in [2.75, 3.05) is 5.32 Å². The Kier molecular flexibility index (Phi) is 2.06. The molecule has 1 unspecified atom stereocenters. The highest BCUT2D eigenvalue weighted by Gasteiger charge is 2.32. The molecule has 2 heterocycles. The van der Waals surface area contributed by atoms with E-state index in [1.807, 2.05) is 0 Å². The van der Waals surface area contributed by atoms with Crippen molar-refractivity contribution in [2.45, 2.75) is 6.04 Å². The molecule has 86 valence electrons. The van der Waals surface area contributed by atoms with Crippen LogP contribution in [0.3, 0.4) is 0 Å². The Bertz CT molecular complexity index is 571. The lowest BCUT2D eigenvalue weighted by atomic mass is 10.1.